The van der Waals surface area contributed by atoms with E-state index in [2.05, 4.69) is 0 Å². The van der Waals surface area contributed by atoms with Crippen LogP contribution in [0, 0.1) is 17.7 Å². The molecule has 2 fully saturated rings. The van der Waals surface area contributed by atoms with Crippen molar-refractivity contribution >= 4 is 23.5 Å². The van der Waals surface area contributed by atoms with Crippen LogP contribution in [-0.2, 0) is 32.1 Å². The molecule has 0 spiro atoms. The second-order valence-electron chi connectivity index (χ2n) is 9.10. The van der Waals surface area contributed by atoms with Gasteiger partial charge in [-0.25, -0.2) is 4.39 Å². The molecule has 0 N–H and O–H groups in total. The molecule has 7 heteroatoms. The largest absolute Gasteiger partial charge is 0.466 e. The highest BCUT2D eigenvalue weighted by molar-refractivity contribution is 5.96. The van der Waals surface area contributed by atoms with Gasteiger partial charge < -0.3 is 14.5 Å². The van der Waals surface area contributed by atoms with E-state index in [0.29, 0.717) is 26.2 Å². The van der Waals surface area contributed by atoms with E-state index in [0.717, 1.165) is 42.5 Å². The molecule has 4 rings (SSSR count). The van der Waals surface area contributed by atoms with Gasteiger partial charge in [0.1, 0.15) is 5.82 Å². The average Bonchev–Trinajstić information content (AvgIpc) is 3.70. The highest BCUT2D eigenvalue weighted by atomic mass is 19.1. The number of benzene rings is 2. The lowest BCUT2D eigenvalue weighted by atomic mass is 9.97. The first-order valence-electron chi connectivity index (χ1n) is 12.0. The number of ether oxygens (including phenoxy) is 1. The summed E-state index contributed by atoms with van der Waals surface area (Å²) < 4.78 is 18.4. The molecule has 1 heterocycles. The number of esters is 1. The molecule has 0 unspecified atom stereocenters. The van der Waals surface area contributed by atoms with Gasteiger partial charge in [0.25, 0.3) is 0 Å². The second-order valence-corrected chi connectivity index (χ2v) is 9.10. The van der Waals surface area contributed by atoms with Crippen molar-refractivity contribution in [1.82, 2.24) is 4.90 Å². The molecular weight excluding hydrogens is 435 g/mol. The number of halogens is 1. The number of likely N-dealkylation sites (tertiary alicyclic amines) is 1. The first-order valence-corrected chi connectivity index (χ1v) is 12.0. The Bertz CT molecular complexity index is 1020. The first-order chi connectivity index (χ1) is 16.4. The number of nitrogens with zero attached hydrogens (tertiary/aromatic N) is 2. The number of piperidine rings is 1. The number of rotatable bonds is 8. The van der Waals surface area contributed by atoms with E-state index in [4.69, 9.17) is 4.74 Å². The highest BCUT2D eigenvalue weighted by Gasteiger charge is 2.34. The Morgan fingerprint density at radius 3 is 2.29 bits per heavy atom. The van der Waals surface area contributed by atoms with Crippen LogP contribution in [0.4, 0.5) is 10.1 Å². The highest BCUT2D eigenvalue weighted by Crippen LogP contribution is 2.33. The van der Waals surface area contributed by atoms with Crippen LogP contribution in [0.3, 0.4) is 0 Å². The molecular formula is C27H31FN2O4. The van der Waals surface area contributed by atoms with E-state index in [1.54, 1.807) is 28.9 Å². The van der Waals surface area contributed by atoms with Crippen LogP contribution < -0.4 is 4.90 Å². The summed E-state index contributed by atoms with van der Waals surface area (Å²) in [6.07, 6.45) is 3.57. The lowest BCUT2D eigenvalue weighted by Crippen LogP contribution is -2.43. The molecule has 0 aromatic heterocycles. The Morgan fingerprint density at radius 2 is 1.65 bits per heavy atom. The van der Waals surface area contributed by atoms with Crippen molar-refractivity contribution in [2.24, 2.45) is 11.8 Å². The third-order valence-electron chi connectivity index (χ3n) is 6.44. The zero-order chi connectivity index (χ0) is 24.1. The van der Waals surface area contributed by atoms with E-state index in [1.807, 2.05) is 24.3 Å². The standard InChI is InChI=1S/C27H31FN2O4/c1-2-34-27(33)22-4-3-15-29(18-22)25(31)16-19-7-13-24(14-8-19)30(26(32)21-9-10-21)17-20-5-11-23(28)12-6-20/h5-8,11-14,21-22H,2-4,9-10,15-18H2,1H3/t22-/m1/s1. The number of amides is 2. The number of carbonyl (C=O) groups excluding carboxylic acids is 3. The predicted octanol–water partition coefficient (Wildman–Crippen LogP) is 4.11. The molecule has 6 nitrogen and oxygen atoms in total. The molecule has 1 atom stereocenters. The Morgan fingerprint density at radius 1 is 0.971 bits per heavy atom. The quantitative estimate of drug-likeness (QED) is 0.549. The maximum atomic E-state index is 13.3. The van der Waals surface area contributed by atoms with Crippen molar-refractivity contribution in [3.8, 4) is 0 Å². The molecule has 1 aliphatic heterocycles. The molecule has 180 valence electrons. The number of anilines is 1. The number of carbonyl (C=O) groups is 3. The molecule has 2 aliphatic rings. The van der Waals surface area contributed by atoms with E-state index in [1.165, 1.54) is 12.1 Å². The summed E-state index contributed by atoms with van der Waals surface area (Å²) in [5.74, 6) is -0.682. The van der Waals surface area contributed by atoms with Crippen LogP contribution in [0.15, 0.2) is 48.5 Å². The van der Waals surface area contributed by atoms with Gasteiger partial charge in [0.2, 0.25) is 11.8 Å². The summed E-state index contributed by atoms with van der Waals surface area (Å²) in [6.45, 7) is 3.55. The van der Waals surface area contributed by atoms with Crippen molar-refractivity contribution in [1.29, 1.82) is 0 Å². The molecule has 0 bridgehead atoms. The Labute approximate surface area is 199 Å². The van der Waals surface area contributed by atoms with Crippen LogP contribution >= 0.6 is 0 Å². The smallest absolute Gasteiger partial charge is 0.310 e. The predicted molar refractivity (Wildman–Crippen MR) is 126 cm³/mol. The van der Waals surface area contributed by atoms with Crippen molar-refractivity contribution in [2.75, 3.05) is 24.6 Å². The summed E-state index contributed by atoms with van der Waals surface area (Å²) in [7, 11) is 0. The lowest BCUT2D eigenvalue weighted by molar-refractivity contribution is -0.151. The van der Waals surface area contributed by atoms with Crippen LogP contribution in [0.5, 0.6) is 0 Å². The second kappa shape index (κ2) is 10.8. The molecule has 2 aromatic rings. The first kappa shape index (κ1) is 23.9. The SMILES string of the molecule is CCOC(=O)[C@@H]1CCCN(C(=O)Cc2ccc(N(Cc3ccc(F)cc3)C(=O)C3CC3)cc2)C1. The normalized spacial score (nSPS) is 17.8. The van der Waals surface area contributed by atoms with Crippen molar-refractivity contribution in [3.05, 3.63) is 65.5 Å². The molecule has 34 heavy (non-hydrogen) atoms. The third-order valence-corrected chi connectivity index (χ3v) is 6.44. The zero-order valence-electron chi connectivity index (χ0n) is 19.5. The minimum Gasteiger partial charge on any atom is -0.466 e. The summed E-state index contributed by atoms with van der Waals surface area (Å²) in [4.78, 5) is 41.4. The van der Waals surface area contributed by atoms with Crippen LogP contribution in [0.25, 0.3) is 0 Å². The van der Waals surface area contributed by atoms with Gasteiger partial charge in [0, 0.05) is 24.7 Å². The Balaban J connectivity index is 1.41. The van der Waals surface area contributed by atoms with Gasteiger partial charge >= 0.3 is 5.97 Å². The van der Waals surface area contributed by atoms with Crippen molar-refractivity contribution in [2.45, 2.75) is 45.6 Å². The van der Waals surface area contributed by atoms with Crippen LogP contribution in [0.2, 0.25) is 0 Å². The van der Waals surface area contributed by atoms with Gasteiger partial charge in [0.15, 0.2) is 0 Å². The molecule has 1 saturated heterocycles. The summed E-state index contributed by atoms with van der Waals surface area (Å²) in [6, 6.07) is 13.7. The third kappa shape index (κ3) is 6.01. The fraction of sp³-hybridized carbons (Fsp3) is 0.444. The maximum Gasteiger partial charge on any atom is 0.310 e. The minimum absolute atomic E-state index is 0.0148. The van der Waals surface area contributed by atoms with E-state index >= 15 is 0 Å². The van der Waals surface area contributed by atoms with Gasteiger partial charge in [-0.2, -0.15) is 0 Å². The van der Waals surface area contributed by atoms with E-state index in [9.17, 15) is 18.8 Å². The van der Waals surface area contributed by atoms with Gasteiger partial charge in [-0.1, -0.05) is 24.3 Å². The summed E-state index contributed by atoms with van der Waals surface area (Å²) in [5.41, 5.74) is 2.47. The number of hydrogen-bond acceptors (Lipinski definition) is 4. The molecule has 2 aromatic carbocycles. The molecule has 2 amide bonds. The van der Waals surface area contributed by atoms with Crippen LogP contribution in [0.1, 0.15) is 43.7 Å². The van der Waals surface area contributed by atoms with Crippen LogP contribution in [-0.4, -0.2) is 42.4 Å². The Kier molecular flexibility index (Phi) is 7.60. The van der Waals surface area contributed by atoms with Gasteiger partial charge in [-0.15, -0.1) is 0 Å². The zero-order valence-corrected chi connectivity index (χ0v) is 19.5. The summed E-state index contributed by atoms with van der Waals surface area (Å²) >= 11 is 0. The van der Waals surface area contributed by atoms with Gasteiger partial charge in [0.05, 0.1) is 25.5 Å². The minimum atomic E-state index is -0.305. The van der Waals surface area contributed by atoms with Crippen molar-refractivity contribution in [3.63, 3.8) is 0 Å². The number of hydrogen-bond donors (Lipinski definition) is 0. The monoisotopic (exact) mass is 466 g/mol. The topological polar surface area (TPSA) is 66.9 Å². The molecule has 0 radical (unpaired) electrons. The van der Waals surface area contributed by atoms with Crippen molar-refractivity contribution < 1.29 is 23.5 Å². The van der Waals surface area contributed by atoms with E-state index in [-0.39, 0.29) is 41.9 Å². The Hall–Kier alpha value is -3.22. The molecule has 1 saturated carbocycles. The average molecular weight is 467 g/mol. The lowest BCUT2D eigenvalue weighted by Gasteiger charge is -2.31. The maximum absolute atomic E-state index is 13.3. The summed E-state index contributed by atoms with van der Waals surface area (Å²) in [5, 5.41) is 0. The van der Waals surface area contributed by atoms with Gasteiger partial charge in [-0.3, -0.25) is 14.4 Å². The fourth-order valence-electron chi connectivity index (χ4n) is 4.36. The van der Waals surface area contributed by atoms with Gasteiger partial charge in [-0.05, 0) is 68.0 Å². The van der Waals surface area contributed by atoms with E-state index < -0.39 is 0 Å². The fourth-order valence-corrected chi connectivity index (χ4v) is 4.36. The molecule has 1 aliphatic carbocycles.